The van der Waals surface area contributed by atoms with Gasteiger partial charge in [-0.1, -0.05) is 36.4 Å². The summed E-state index contributed by atoms with van der Waals surface area (Å²) < 4.78 is 16.9. The summed E-state index contributed by atoms with van der Waals surface area (Å²) in [7, 11) is 3.15. The Morgan fingerprint density at radius 3 is 2.48 bits per heavy atom. The summed E-state index contributed by atoms with van der Waals surface area (Å²) in [5.74, 6) is 1.11. The summed E-state index contributed by atoms with van der Waals surface area (Å²) in [4.78, 5) is 13.4. The van der Waals surface area contributed by atoms with Crippen molar-refractivity contribution < 1.29 is 19.0 Å². The first-order valence-electron chi connectivity index (χ1n) is 10.1. The Morgan fingerprint density at radius 2 is 1.84 bits per heavy atom. The Labute approximate surface area is 181 Å². The van der Waals surface area contributed by atoms with Crippen molar-refractivity contribution in [3.63, 3.8) is 0 Å². The molecule has 0 unspecified atom stereocenters. The SMILES string of the molecule is COc1ccc([C@H]2C(C#N)=C(N)OC3=C2C(=O)C[C@@H](c2ccccc2)C3)c(OC)c1C. The first kappa shape index (κ1) is 20.5. The molecule has 0 saturated carbocycles. The van der Waals surface area contributed by atoms with Gasteiger partial charge in [-0.15, -0.1) is 0 Å². The minimum absolute atomic E-state index is 0.00374. The highest BCUT2D eigenvalue weighted by Gasteiger charge is 2.42. The zero-order valence-electron chi connectivity index (χ0n) is 17.8. The van der Waals surface area contributed by atoms with Crippen LogP contribution < -0.4 is 15.2 Å². The number of methoxy groups -OCH3 is 2. The van der Waals surface area contributed by atoms with Gasteiger partial charge in [0.2, 0.25) is 5.88 Å². The Balaban J connectivity index is 1.86. The molecule has 1 heterocycles. The van der Waals surface area contributed by atoms with E-state index in [1.807, 2.05) is 49.4 Å². The summed E-state index contributed by atoms with van der Waals surface area (Å²) >= 11 is 0. The molecule has 0 saturated heterocycles. The lowest BCUT2D eigenvalue weighted by molar-refractivity contribution is -0.117. The number of nitriles is 1. The Morgan fingerprint density at radius 1 is 1.10 bits per heavy atom. The summed E-state index contributed by atoms with van der Waals surface area (Å²) in [5, 5.41) is 9.87. The third kappa shape index (κ3) is 3.42. The van der Waals surface area contributed by atoms with Crippen molar-refractivity contribution in [2.24, 2.45) is 5.73 Å². The Kier molecular flexibility index (Phi) is 5.43. The number of rotatable bonds is 4. The second kappa shape index (κ2) is 8.19. The van der Waals surface area contributed by atoms with E-state index in [0.717, 1.165) is 11.1 Å². The van der Waals surface area contributed by atoms with Gasteiger partial charge >= 0.3 is 0 Å². The molecule has 4 rings (SSSR count). The molecule has 6 nitrogen and oxygen atoms in total. The second-order valence-corrected chi connectivity index (χ2v) is 7.72. The third-order valence-corrected chi connectivity index (χ3v) is 6.05. The zero-order chi connectivity index (χ0) is 22.1. The molecule has 6 heteroatoms. The van der Waals surface area contributed by atoms with Crippen LogP contribution in [-0.4, -0.2) is 20.0 Å². The summed E-state index contributed by atoms with van der Waals surface area (Å²) in [5.41, 5.74) is 9.43. The van der Waals surface area contributed by atoms with Crippen LogP contribution in [-0.2, 0) is 9.53 Å². The molecule has 0 bridgehead atoms. The van der Waals surface area contributed by atoms with Gasteiger partial charge in [0, 0.05) is 29.5 Å². The molecule has 0 aromatic heterocycles. The smallest absolute Gasteiger partial charge is 0.205 e. The number of ketones is 1. The van der Waals surface area contributed by atoms with E-state index in [4.69, 9.17) is 19.9 Å². The number of hydrogen-bond acceptors (Lipinski definition) is 6. The first-order valence-corrected chi connectivity index (χ1v) is 10.1. The highest BCUT2D eigenvalue weighted by Crippen LogP contribution is 2.49. The van der Waals surface area contributed by atoms with E-state index in [2.05, 4.69) is 6.07 Å². The topological polar surface area (TPSA) is 94.6 Å². The maximum atomic E-state index is 13.4. The zero-order valence-corrected chi connectivity index (χ0v) is 17.8. The van der Waals surface area contributed by atoms with Crippen molar-refractivity contribution >= 4 is 5.78 Å². The van der Waals surface area contributed by atoms with Gasteiger partial charge in [-0.05, 0) is 24.5 Å². The fourth-order valence-corrected chi connectivity index (χ4v) is 4.59. The van der Waals surface area contributed by atoms with Crippen molar-refractivity contribution in [1.82, 2.24) is 0 Å². The van der Waals surface area contributed by atoms with Crippen LogP contribution in [0.25, 0.3) is 0 Å². The van der Waals surface area contributed by atoms with Gasteiger partial charge in [0.1, 0.15) is 28.9 Å². The minimum atomic E-state index is -0.641. The average Bonchev–Trinajstić information content (AvgIpc) is 2.78. The molecule has 2 N–H and O–H groups in total. The Bertz CT molecular complexity index is 1140. The van der Waals surface area contributed by atoms with Crippen LogP contribution in [0.15, 0.2) is 65.3 Å². The van der Waals surface area contributed by atoms with Gasteiger partial charge in [0.15, 0.2) is 5.78 Å². The summed E-state index contributed by atoms with van der Waals surface area (Å²) in [6.45, 7) is 1.88. The maximum Gasteiger partial charge on any atom is 0.205 e. The normalized spacial score (nSPS) is 20.6. The quantitative estimate of drug-likeness (QED) is 0.802. The van der Waals surface area contributed by atoms with E-state index in [0.29, 0.717) is 41.2 Å². The van der Waals surface area contributed by atoms with Crippen molar-refractivity contribution in [2.45, 2.75) is 31.6 Å². The molecule has 0 spiro atoms. The lowest BCUT2D eigenvalue weighted by Crippen LogP contribution is -2.30. The molecule has 1 aliphatic heterocycles. The first-order chi connectivity index (χ1) is 15.0. The number of allylic oxidation sites excluding steroid dienone is 3. The van der Waals surface area contributed by atoms with E-state index < -0.39 is 5.92 Å². The lowest BCUT2D eigenvalue weighted by Gasteiger charge is -2.34. The van der Waals surface area contributed by atoms with E-state index in [1.54, 1.807) is 14.2 Å². The van der Waals surface area contributed by atoms with Gasteiger partial charge in [-0.3, -0.25) is 4.79 Å². The van der Waals surface area contributed by atoms with Crippen molar-refractivity contribution in [1.29, 1.82) is 5.26 Å². The van der Waals surface area contributed by atoms with Crippen LogP contribution in [0.1, 0.15) is 41.4 Å². The molecule has 0 fully saturated rings. The fourth-order valence-electron chi connectivity index (χ4n) is 4.59. The summed E-state index contributed by atoms with van der Waals surface area (Å²) in [6, 6.07) is 15.7. The lowest BCUT2D eigenvalue weighted by atomic mass is 9.73. The number of nitrogens with two attached hydrogens (primary N) is 1. The fraction of sp³-hybridized carbons (Fsp3) is 0.280. The van der Waals surface area contributed by atoms with E-state index in [1.165, 1.54) is 0 Å². The number of carbonyl (C=O) groups excluding carboxylic acids is 1. The highest BCUT2D eigenvalue weighted by atomic mass is 16.5. The molecule has 2 aromatic rings. The Hall–Kier alpha value is -3.72. The van der Waals surface area contributed by atoms with Gasteiger partial charge in [-0.2, -0.15) is 5.26 Å². The van der Waals surface area contributed by atoms with Crippen LogP contribution in [0.4, 0.5) is 0 Å². The molecule has 1 aliphatic carbocycles. The van der Waals surface area contributed by atoms with Gasteiger partial charge in [0.25, 0.3) is 0 Å². The number of ether oxygens (including phenoxy) is 3. The molecular formula is C25H24N2O4. The molecule has 158 valence electrons. The average molecular weight is 416 g/mol. The molecule has 2 aromatic carbocycles. The van der Waals surface area contributed by atoms with Crippen LogP contribution in [0.3, 0.4) is 0 Å². The number of Topliss-reactive ketones (excluding diaryl/α,β-unsaturated/α-hetero) is 1. The van der Waals surface area contributed by atoms with Gasteiger partial charge in [0.05, 0.1) is 20.1 Å². The van der Waals surface area contributed by atoms with Crippen LogP contribution in [0.5, 0.6) is 11.5 Å². The third-order valence-electron chi connectivity index (χ3n) is 6.05. The van der Waals surface area contributed by atoms with Gasteiger partial charge in [-0.25, -0.2) is 0 Å². The minimum Gasteiger partial charge on any atom is -0.496 e. The predicted octanol–water partition coefficient (Wildman–Crippen LogP) is 4.22. The number of hydrogen-bond donors (Lipinski definition) is 1. The molecule has 0 amide bonds. The maximum absolute atomic E-state index is 13.4. The molecular weight excluding hydrogens is 392 g/mol. The highest BCUT2D eigenvalue weighted by molar-refractivity contribution is 6.00. The monoisotopic (exact) mass is 416 g/mol. The van der Waals surface area contributed by atoms with Gasteiger partial charge < -0.3 is 19.9 Å². The molecule has 0 radical (unpaired) electrons. The predicted molar refractivity (Wildman–Crippen MR) is 115 cm³/mol. The molecule has 31 heavy (non-hydrogen) atoms. The standard InChI is InChI=1S/C25H24N2O4/c1-14-20(29-2)10-9-17(24(14)30-3)22-18(13-26)25(27)31-21-12-16(11-19(28)23(21)22)15-7-5-4-6-8-15/h4-10,16,22H,11-12,27H2,1-3H3/t16-,22+/m1/s1. The largest absolute Gasteiger partial charge is 0.496 e. The molecule has 2 aliphatic rings. The number of benzene rings is 2. The van der Waals surface area contributed by atoms with Crippen LogP contribution in [0, 0.1) is 18.3 Å². The van der Waals surface area contributed by atoms with Crippen LogP contribution in [0.2, 0.25) is 0 Å². The van der Waals surface area contributed by atoms with E-state index in [9.17, 15) is 10.1 Å². The number of nitrogens with zero attached hydrogens (tertiary/aromatic N) is 1. The van der Waals surface area contributed by atoms with Crippen molar-refractivity contribution in [3.05, 3.63) is 81.9 Å². The van der Waals surface area contributed by atoms with Crippen LogP contribution >= 0.6 is 0 Å². The molecule has 2 atom stereocenters. The second-order valence-electron chi connectivity index (χ2n) is 7.72. The summed E-state index contributed by atoms with van der Waals surface area (Å²) in [6.07, 6.45) is 0.886. The number of carbonyl (C=O) groups is 1. The van der Waals surface area contributed by atoms with E-state index >= 15 is 0 Å². The van der Waals surface area contributed by atoms with E-state index in [-0.39, 0.29) is 23.2 Å². The van der Waals surface area contributed by atoms with Crippen molar-refractivity contribution in [3.8, 4) is 17.6 Å². The van der Waals surface area contributed by atoms with Crippen molar-refractivity contribution in [2.75, 3.05) is 14.2 Å².